The van der Waals surface area contributed by atoms with Crippen LogP contribution in [-0.2, 0) is 44.4 Å². The van der Waals surface area contributed by atoms with Crippen LogP contribution in [0, 0.1) is 41.5 Å². The summed E-state index contributed by atoms with van der Waals surface area (Å²) in [5, 5.41) is 10.9. The first-order valence-corrected chi connectivity index (χ1v) is 39.9. The summed E-state index contributed by atoms with van der Waals surface area (Å²) in [6.45, 7) is 23.3. The van der Waals surface area contributed by atoms with E-state index in [4.69, 9.17) is 15.0 Å². The van der Waals surface area contributed by atoms with Crippen molar-refractivity contribution in [2.24, 2.45) is 5.73 Å². The zero-order chi connectivity index (χ0) is 88.4. The van der Waals surface area contributed by atoms with Gasteiger partial charge in [-0.25, -0.2) is 44.9 Å². The Morgan fingerprint density at radius 1 is 0.467 bits per heavy atom. The number of aryl methyl sites for hydroxylation is 7. The number of anilines is 3. The topological polar surface area (TPSA) is 330 Å². The first kappa shape index (κ1) is 92.4. The van der Waals surface area contributed by atoms with Crippen molar-refractivity contribution in [3.8, 4) is 28.0 Å². The fourth-order valence-corrected chi connectivity index (χ4v) is 12.4. The van der Waals surface area contributed by atoms with E-state index in [1.54, 1.807) is 61.1 Å². The minimum atomic E-state index is -5.74. The van der Waals surface area contributed by atoms with E-state index in [-0.39, 0.29) is 33.4 Å². The molecule has 0 spiro atoms. The van der Waals surface area contributed by atoms with Crippen LogP contribution in [0.25, 0.3) is 55.4 Å². The lowest BCUT2D eigenvalue weighted by Crippen LogP contribution is -2.41. The minimum Gasteiger partial charge on any atom is -0.399 e. The van der Waals surface area contributed by atoms with E-state index in [9.17, 15) is 75.5 Å². The minimum absolute atomic E-state index is 0.0268. The first-order valence-electron chi connectivity index (χ1n) is 36.1. The van der Waals surface area contributed by atoms with Gasteiger partial charge < -0.3 is 35.2 Å². The van der Waals surface area contributed by atoms with Crippen molar-refractivity contribution >= 4 is 114 Å². The number of pyridine rings is 6. The van der Waals surface area contributed by atoms with Crippen LogP contribution in [0.1, 0.15) is 136 Å². The molecule has 40 heteroatoms. The molecule has 3 aromatic carbocycles. The molecule has 13 rings (SSSR count). The van der Waals surface area contributed by atoms with E-state index >= 15 is 0 Å². The molecule has 1 aliphatic rings. The van der Waals surface area contributed by atoms with Crippen LogP contribution in [0.4, 0.5) is 69.7 Å². The highest BCUT2D eigenvalue weighted by molar-refractivity contribution is 7.98. The number of fused-ring (bicyclic) bond motifs is 3. The Hall–Kier alpha value is -11.5. The Bertz CT molecular complexity index is 5920. The fraction of sp³-hybridized carbons (Fsp3) is 0.287. The van der Waals surface area contributed by atoms with Crippen LogP contribution in [-0.4, -0.2) is 129 Å². The molecular formula is C80H77BF12N16O8S3. The van der Waals surface area contributed by atoms with Gasteiger partial charge in [0, 0.05) is 116 Å². The molecule has 24 nitrogen and oxygen atoms in total. The summed E-state index contributed by atoms with van der Waals surface area (Å²) in [5.74, 6) is -1.75. The maximum absolute atomic E-state index is 12.9. The van der Waals surface area contributed by atoms with Crippen molar-refractivity contribution < 1.29 is 89.0 Å². The third-order valence-corrected chi connectivity index (χ3v) is 20.2. The fourth-order valence-electron chi connectivity index (χ4n) is 11.2. The highest BCUT2D eigenvalue weighted by atomic mass is 32.2. The molecule has 3 amide bonds. The highest BCUT2D eigenvalue weighted by Crippen LogP contribution is 2.39. The van der Waals surface area contributed by atoms with Gasteiger partial charge in [0.05, 0.1) is 16.9 Å². The summed E-state index contributed by atoms with van der Waals surface area (Å²) in [4.78, 5) is 86.3. The number of nitrogens with zero attached hydrogens (tertiary/aromatic N) is 12. The summed E-state index contributed by atoms with van der Waals surface area (Å²) >= 11 is 2.70. The standard InChI is InChI=1S/C25H22F3N5O.C23H18F3N5OS.C20H22BF3N2O3.C10H8F3N3O3S2.C2H7N/c1-4-5-22-30-13-17-10-20(15(3)31-23(17)33-22)19-12-18(7-6-14(19)2)32-24(34)16-8-9-29-21(11-16)25(26,27)28;1-12-4-5-16(30-21(32)14-6-7-27-19(9-14)23(24,25)26)10-17(12)18-8-15-11-28-22(33-3)31-20(15)29-13(18)2;1-12-6-7-14(11-15(12)21-28-18(2,3)19(4,5)29-21)26-17(27)13-8-9-25-16(10-13)20(22,23)24;1-5-7(19-21(17,18)10(11,12)13)3-6-4-14-9(20-2)16-8(6)15-5;1-2-3/h6-13H,4-5H2,1-3H3,(H,32,34);4-11H,1-3H3,(H,30,32);6-11H,1-5H3,(H,26,27);3-4H,1-2H3;2-3H2,1H3. The van der Waals surface area contributed by atoms with Gasteiger partial charge in [0.2, 0.25) is 0 Å². The van der Waals surface area contributed by atoms with Gasteiger partial charge in [0.1, 0.15) is 22.9 Å². The van der Waals surface area contributed by atoms with E-state index in [1.807, 2.05) is 99.8 Å². The van der Waals surface area contributed by atoms with Gasteiger partial charge in [0.25, 0.3) is 17.7 Å². The smallest absolute Gasteiger partial charge is 0.399 e. The third-order valence-electron chi connectivity index (χ3n) is 18.1. The van der Waals surface area contributed by atoms with Gasteiger partial charge >= 0.3 is 41.3 Å². The first-order chi connectivity index (χ1) is 56.2. The molecule has 0 saturated carbocycles. The van der Waals surface area contributed by atoms with Crippen LogP contribution in [0.2, 0.25) is 0 Å². The van der Waals surface area contributed by atoms with Crippen molar-refractivity contribution in [3.63, 3.8) is 0 Å². The second kappa shape index (κ2) is 37.9. The molecule has 120 heavy (non-hydrogen) atoms. The second-order valence-corrected chi connectivity index (χ2v) is 30.6. The Morgan fingerprint density at radius 2 is 0.825 bits per heavy atom. The molecule has 9 aromatic heterocycles. The Balaban J connectivity index is 0.000000182. The van der Waals surface area contributed by atoms with Crippen LogP contribution >= 0.6 is 23.5 Å². The van der Waals surface area contributed by atoms with Crippen LogP contribution in [0.5, 0.6) is 5.75 Å². The molecule has 0 bridgehead atoms. The molecule has 630 valence electrons. The predicted molar refractivity (Wildman–Crippen MR) is 433 cm³/mol. The van der Waals surface area contributed by atoms with E-state index in [0.29, 0.717) is 38.7 Å². The van der Waals surface area contributed by atoms with Crippen LogP contribution in [0.3, 0.4) is 0 Å². The molecule has 5 N–H and O–H groups in total. The lowest BCUT2D eigenvalue weighted by atomic mass is 9.76. The summed E-state index contributed by atoms with van der Waals surface area (Å²) in [5.41, 5.74) is 5.74. The summed E-state index contributed by atoms with van der Waals surface area (Å²) < 4.78 is 191. The van der Waals surface area contributed by atoms with E-state index in [2.05, 4.69) is 86.9 Å². The molecular weight excluding hydrogens is 1650 g/mol. The Kier molecular flexibility index (Phi) is 29.2. The number of amides is 3. The van der Waals surface area contributed by atoms with Crippen LogP contribution < -0.4 is 31.3 Å². The number of carbonyl (C=O) groups excluding carboxylic acids is 3. The Morgan fingerprint density at radius 3 is 1.20 bits per heavy atom. The van der Waals surface area contributed by atoms with Crippen LogP contribution in [0.15, 0.2) is 157 Å². The third kappa shape index (κ3) is 23.1. The summed E-state index contributed by atoms with van der Waals surface area (Å²) in [6, 6.07) is 26.7. The maximum Gasteiger partial charge on any atom is 0.534 e. The lowest BCUT2D eigenvalue weighted by Gasteiger charge is -2.32. The summed E-state index contributed by atoms with van der Waals surface area (Å²) in [6.07, 6.45) is -0.826. The molecule has 1 fully saturated rings. The molecule has 0 unspecified atom stereocenters. The zero-order valence-corrected chi connectivity index (χ0v) is 69.0. The number of nitrogens with one attached hydrogen (secondary N) is 3. The number of carbonyl (C=O) groups is 3. The van der Waals surface area contributed by atoms with E-state index in [1.165, 1.54) is 54.8 Å². The highest BCUT2D eigenvalue weighted by Gasteiger charge is 2.52. The van der Waals surface area contributed by atoms with E-state index in [0.717, 1.165) is 135 Å². The van der Waals surface area contributed by atoms with Crippen molar-refractivity contribution in [3.05, 3.63) is 220 Å². The monoisotopic (exact) mass is 1720 g/mol. The predicted octanol–water partition coefficient (Wildman–Crippen LogP) is 17.8. The average Bonchev–Trinajstić information content (AvgIpc) is 1.59. The number of rotatable bonds is 15. The molecule has 10 heterocycles. The number of nitrogens with two attached hydrogens (primary N) is 1. The maximum atomic E-state index is 12.9. The van der Waals surface area contributed by atoms with Crippen molar-refractivity contribution in [1.82, 2.24) is 59.8 Å². The Labute approximate surface area is 689 Å². The van der Waals surface area contributed by atoms with Crippen molar-refractivity contribution in [2.45, 2.75) is 141 Å². The number of aromatic nitrogens is 12. The zero-order valence-electron chi connectivity index (χ0n) is 66.5. The number of alkyl halides is 12. The number of hydrogen-bond acceptors (Lipinski definition) is 23. The summed E-state index contributed by atoms with van der Waals surface area (Å²) in [7, 11) is -6.36. The number of hydrogen-bond donors (Lipinski definition) is 4. The molecule has 12 aromatic rings. The lowest BCUT2D eigenvalue weighted by molar-refractivity contribution is -0.142. The van der Waals surface area contributed by atoms with Crippen molar-refractivity contribution in [1.29, 1.82) is 0 Å². The van der Waals surface area contributed by atoms with Gasteiger partial charge in [0.15, 0.2) is 33.0 Å². The number of halogens is 12. The average molecular weight is 1730 g/mol. The van der Waals surface area contributed by atoms with Gasteiger partial charge in [-0.05, 0) is 213 Å². The second-order valence-electron chi connectivity index (χ2n) is 27.6. The van der Waals surface area contributed by atoms with E-state index < -0.39 is 93.0 Å². The van der Waals surface area contributed by atoms with Gasteiger partial charge in [-0.3, -0.25) is 29.3 Å². The molecule has 1 aliphatic heterocycles. The quantitative estimate of drug-likeness (QED) is 0.0185. The SMILES string of the molecule is CCCc1ncc2cc(-c3cc(NC(=O)c4ccnc(C(F)(F)F)c4)ccc3C)c(C)nc2n1.CCN.CSc1ncc2cc(-c3cc(NC(=O)c4ccnc(C(F)(F)F)c4)ccc3C)c(C)nc2n1.CSc1ncc2cc(OS(=O)(=O)C(F)(F)F)c(C)nc2n1.Cc1ccc(NC(=O)c2ccnc(C(F)(F)F)c2)cc1B1OC(C)(C)C(C)(C)O1. The number of benzene rings is 3. The normalized spacial score (nSPS) is 13.2. The molecule has 0 aliphatic carbocycles. The molecule has 0 radical (unpaired) electrons. The molecule has 0 atom stereocenters. The van der Waals surface area contributed by atoms with Crippen molar-refractivity contribution in [2.75, 3.05) is 35.0 Å². The largest absolute Gasteiger partial charge is 0.534 e. The van der Waals surface area contributed by atoms with Gasteiger partial charge in [-0.1, -0.05) is 61.1 Å². The van der Waals surface area contributed by atoms with Gasteiger partial charge in [-0.15, -0.1) is 0 Å². The number of thioether (sulfide) groups is 2. The van der Waals surface area contributed by atoms with Gasteiger partial charge in [-0.2, -0.15) is 61.1 Å². The molecule has 1 saturated heterocycles.